The molecule has 1 aliphatic heterocycles. The maximum Gasteiger partial charge on any atom is 0.295 e. The van der Waals surface area contributed by atoms with Gasteiger partial charge in [-0.2, -0.15) is 20.0 Å². The highest BCUT2D eigenvalue weighted by Gasteiger charge is 2.35. The van der Waals surface area contributed by atoms with Gasteiger partial charge in [0.05, 0.1) is 18.4 Å². The number of amides is 1. The van der Waals surface area contributed by atoms with Crippen molar-refractivity contribution < 1.29 is 18.0 Å². The van der Waals surface area contributed by atoms with E-state index < -0.39 is 17.5 Å². The molecule has 1 N–H and O–H groups in total. The molecule has 2 aromatic heterocycles. The van der Waals surface area contributed by atoms with Gasteiger partial charge in [-0.1, -0.05) is 13.0 Å². The van der Waals surface area contributed by atoms with Crippen LogP contribution in [-0.2, 0) is 0 Å². The predicted molar refractivity (Wildman–Crippen MR) is 122 cm³/mol. The van der Waals surface area contributed by atoms with E-state index in [2.05, 4.69) is 27.4 Å². The van der Waals surface area contributed by atoms with E-state index >= 15 is 4.39 Å². The smallest absolute Gasteiger partial charge is 0.295 e. The first kappa shape index (κ1) is 22.0. The first-order valence-electron chi connectivity index (χ1n) is 11.2. The van der Waals surface area contributed by atoms with Crippen LogP contribution in [0, 0.1) is 24.5 Å². The third kappa shape index (κ3) is 4.00. The number of piperidine rings is 1. The normalized spacial score (nSPS) is 18.4. The number of anilines is 1. The van der Waals surface area contributed by atoms with Crippen LogP contribution in [0.4, 0.5) is 14.8 Å². The van der Waals surface area contributed by atoms with Crippen molar-refractivity contribution in [2.45, 2.75) is 32.7 Å². The lowest BCUT2D eigenvalue weighted by Crippen LogP contribution is -2.51. The monoisotopic (exact) mass is 466 g/mol. The summed E-state index contributed by atoms with van der Waals surface area (Å²) in [5.74, 6) is -1.24. The van der Waals surface area contributed by atoms with E-state index in [1.165, 1.54) is 29.3 Å². The Kier molecular flexibility index (Phi) is 5.72. The number of aryl methyl sites for hydroxylation is 1. The van der Waals surface area contributed by atoms with Gasteiger partial charge in [0.15, 0.2) is 5.58 Å². The second kappa shape index (κ2) is 8.85. The van der Waals surface area contributed by atoms with Crippen LogP contribution in [-0.4, -0.2) is 49.9 Å². The van der Waals surface area contributed by atoms with Gasteiger partial charge in [0.1, 0.15) is 28.4 Å². The maximum atomic E-state index is 15.3. The second-order valence-electron chi connectivity index (χ2n) is 8.61. The summed E-state index contributed by atoms with van der Waals surface area (Å²) in [4.78, 5) is 21.0. The first-order chi connectivity index (χ1) is 16.4. The van der Waals surface area contributed by atoms with Crippen molar-refractivity contribution in [3.8, 4) is 5.69 Å². The Balaban J connectivity index is 1.44. The minimum Gasteiger partial charge on any atom is -0.423 e. The second-order valence-corrected chi connectivity index (χ2v) is 8.61. The number of halogens is 2. The minimum atomic E-state index is -0.578. The molecule has 34 heavy (non-hydrogen) atoms. The van der Waals surface area contributed by atoms with E-state index in [-0.39, 0.29) is 23.5 Å². The minimum absolute atomic E-state index is 0.0485. The number of fused-ring (bicyclic) bond motifs is 1. The average Bonchev–Trinajstić information content (AvgIpc) is 3.49. The lowest BCUT2D eigenvalue weighted by Gasteiger charge is -2.40. The Labute approximate surface area is 194 Å². The number of hydrogen-bond donors (Lipinski definition) is 1. The van der Waals surface area contributed by atoms with Crippen LogP contribution in [0.3, 0.4) is 0 Å². The van der Waals surface area contributed by atoms with Gasteiger partial charge in [-0.05, 0) is 49.4 Å². The van der Waals surface area contributed by atoms with Gasteiger partial charge < -0.3 is 14.6 Å². The Morgan fingerprint density at radius 3 is 2.79 bits per heavy atom. The van der Waals surface area contributed by atoms with Crippen molar-refractivity contribution in [1.82, 2.24) is 24.9 Å². The molecule has 10 heteroatoms. The van der Waals surface area contributed by atoms with Crippen LogP contribution < -0.4 is 5.32 Å². The number of rotatable bonds is 5. The van der Waals surface area contributed by atoms with Crippen LogP contribution in [0.1, 0.15) is 35.7 Å². The molecule has 0 bridgehead atoms. The van der Waals surface area contributed by atoms with Gasteiger partial charge in [0.25, 0.3) is 11.9 Å². The molecule has 2 aromatic carbocycles. The van der Waals surface area contributed by atoms with Gasteiger partial charge in [0.2, 0.25) is 0 Å². The van der Waals surface area contributed by atoms with Crippen LogP contribution in [0.2, 0.25) is 0 Å². The Hall–Kier alpha value is -3.82. The third-order valence-electron chi connectivity index (χ3n) is 6.35. The molecule has 176 valence electrons. The van der Waals surface area contributed by atoms with E-state index in [0.717, 1.165) is 12.8 Å². The fourth-order valence-corrected chi connectivity index (χ4v) is 4.50. The van der Waals surface area contributed by atoms with Gasteiger partial charge >= 0.3 is 0 Å². The third-order valence-corrected chi connectivity index (χ3v) is 6.35. The largest absolute Gasteiger partial charge is 0.423 e. The highest BCUT2D eigenvalue weighted by atomic mass is 19.1. The molecule has 0 aliphatic carbocycles. The number of nitrogens with one attached hydrogen (secondary N) is 1. The van der Waals surface area contributed by atoms with Crippen molar-refractivity contribution >= 4 is 23.0 Å². The molecule has 0 saturated carbocycles. The summed E-state index contributed by atoms with van der Waals surface area (Å²) in [7, 11) is 0. The number of hydrogen-bond acceptors (Lipinski definition) is 6. The van der Waals surface area contributed by atoms with Crippen LogP contribution >= 0.6 is 0 Å². The number of carbonyl (C=O) groups excluding carboxylic acids is 1. The summed E-state index contributed by atoms with van der Waals surface area (Å²) >= 11 is 0. The van der Waals surface area contributed by atoms with Crippen LogP contribution in [0.5, 0.6) is 0 Å². The maximum absolute atomic E-state index is 15.3. The molecule has 0 unspecified atom stereocenters. The molecule has 4 aromatic rings. The average molecular weight is 466 g/mol. The zero-order chi connectivity index (χ0) is 23.8. The van der Waals surface area contributed by atoms with Crippen molar-refractivity contribution in [1.29, 1.82) is 0 Å². The molecule has 1 fully saturated rings. The molecule has 2 atom stereocenters. The highest BCUT2D eigenvalue weighted by molar-refractivity contribution is 5.98. The van der Waals surface area contributed by atoms with Gasteiger partial charge in [0, 0.05) is 19.2 Å². The molecule has 1 aliphatic rings. The van der Waals surface area contributed by atoms with Crippen molar-refractivity contribution in [2.75, 3.05) is 18.4 Å². The molecule has 0 spiro atoms. The van der Waals surface area contributed by atoms with E-state index in [0.29, 0.717) is 35.4 Å². The summed E-state index contributed by atoms with van der Waals surface area (Å²) in [6, 6.07) is 7.42. The van der Waals surface area contributed by atoms with Crippen molar-refractivity contribution in [3.63, 3.8) is 0 Å². The number of aromatic nitrogens is 4. The van der Waals surface area contributed by atoms with Crippen LogP contribution in [0.15, 0.2) is 47.1 Å². The molecule has 3 heterocycles. The fourth-order valence-electron chi connectivity index (χ4n) is 4.50. The molecular formula is C24H24F2N6O2. The summed E-state index contributed by atoms with van der Waals surface area (Å²) in [6.07, 6.45) is 4.70. The molecule has 1 amide bonds. The zero-order valence-corrected chi connectivity index (χ0v) is 18.8. The van der Waals surface area contributed by atoms with E-state index in [9.17, 15) is 9.18 Å². The predicted octanol–water partition coefficient (Wildman–Crippen LogP) is 4.35. The van der Waals surface area contributed by atoms with E-state index in [1.807, 2.05) is 0 Å². The first-order valence-corrected chi connectivity index (χ1v) is 11.2. The highest BCUT2D eigenvalue weighted by Crippen LogP contribution is 2.29. The molecule has 0 radical (unpaired) electrons. The Bertz CT molecular complexity index is 1340. The van der Waals surface area contributed by atoms with E-state index in [4.69, 9.17) is 4.42 Å². The van der Waals surface area contributed by atoms with Crippen molar-refractivity contribution in [3.05, 3.63) is 65.5 Å². The summed E-state index contributed by atoms with van der Waals surface area (Å²) in [6.45, 7) is 4.54. The fraction of sp³-hybridized carbons (Fsp3) is 0.333. The standard InChI is InChI=1S/C24H24F2N6O2/c1-14-4-3-11-31(19(14)13-27-24-30-17-7-6-16(25)12-20(17)34-24)23(33)21-18(32-28-9-10-29-32)8-5-15(2)22(21)26/h5-10,12,14,19H,3-4,11,13H2,1-2H3,(H,27,30)/t14-,19-/m1/s1. The van der Waals surface area contributed by atoms with Crippen molar-refractivity contribution in [2.24, 2.45) is 5.92 Å². The lowest BCUT2D eigenvalue weighted by atomic mass is 9.89. The number of oxazole rings is 1. The van der Waals surface area contributed by atoms with Crippen LogP contribution in [0.25, 0.3) is 16.8 Å². The van der Waals surface area contributed by atoms with Gasteiger partial charge in [-0.3, -0.25) is 4.79 Å². The summed E-state index contributed by atoms with van der Waals surface area (Å²) in [5, 5.41) is 11.3. The Morgan fingerprint density at radius 2 is 2.00 bits per heavy atom. The topological polar surface area (TPSA) is 89.1 Å². The summed E-state index contributed by atoms with van der Waals surface area (Å²) < 4.78 is 34.4. The molecule has 5 rings (SSSR count). The lowest BCUT2D eigenvalue weighted by molar-refractivity contribution is 0.0534. The number of benzene rings is 2. The molecule has 8 nitrogen and oxygen atoms in total. The van der Waals surface area contributed by atoms with Gasteiger partial charge in [-0.15, -0.1) is 0 Å². The van der Waals surface area contributed by atoms with Gasteiger partial charge in [-0.25, -0.2) is 8.78 Å². The number of carbonyl (C=O) groups is 1. The molecule has 1 saturated heterocycles. The number of likely N-dealkylation sites (tertiary alicyclic amines) is 1. The summed E-state index contributed by atoms with van der Waals surface area (Å²) in [5.41, 5.74) is 1.49. The Morgan fingerprint density at radius 1 is 1.21 bits per heavy atom. The van der Waals surface area contributed by atoms with E-state index in [1.54, 1.807) is 30.0 Å². The quantitative estimate of drug-likeness (QED) is 0.471. The molecular weight excluding hydrogens is 442 g/mol. The SMILES string of the molecule is Cc1ccc(-n2nccn2)c(C(=O)N2CCC[C@@H](C)[C@H]2CNc2nc3ccc(F)cc3o2)c1F. The zero-order valence-electron chi connectivity index (χ0n) is 18.8. The number of nitrogens with zero attached hydrogens (tertiary/aromatic N) is 5.